The molecule has 11 heteroatoms. The number of amides is 2. The second kappa shape index (κ2) is 13.5. The van der Waals surface area contributed by atoms with Gasteiger partial charge >= 0.3 is 5.97 Å². The first kappa shape index (κ1) is 29.2. The number of hydrogen-bond donors (Lipinski definition) is 3. The molecular formula is C29H38N4O7. The van der Waals surface area contributed by atoms with E-state index < -0.39 is 30.1 Å². The predicted octanol–water partition coefficient (Wildman–Crippen LogP) is 1.60. The Bertz CT molecular complexity index is 1170. The SMILES string of the molecule is CC(C)C[C@H](NC(=O)[C@@H]1O[C@H]1C(=O)OCCn1c(O)ccc1O)C(=O)N1CCN(CC=Cc2ccccc2)CC1. The van der Waals surface area contributed by atoms with Gasteiger partial charge in [-0.1, -0.05) is 56.3 Å². The van der Waals surface area contributed by atoms with Crippen molar-refractivity contribution >= 4 is 23.9 Å². The number of hydrogen-bond acceptors (Lipinski definition) is 8. The van der Waals surface area contributed by atoms with Crippen molar-refractivity contribution in [3.05, 3.63) is 54.1 Å². The molecule has 0 unspecified atom stereocenters. The zero-order valence-electron chi connectivity index (χ0n) is 22.9. The molecular weight excluding hydrogens is 516 g/mol. The smallest absolute Gasteiger partial charge is 0.338 e. The fourth-order valence-corrected chi connectivity index (χ4v) is 4.71. The third-order valence-electron chi connectivity index (χ3n) is 6.96. The molecule has 40 heavy (non-hydrogen) atoms. The Kier molecular flexibility index (Phi) is 9.84. The molecule has 2 saturated heterocycles. The van der Waals surface area contributed by atoms with Gasteiger partial charge in [-0.15, -0.1) is 0 Å². The van der Waals surface area contributed by atoms with Crippen LogP contribution in [-0.4, -0.2) is 99.9 Å². The lowest BCUT2D eigenvalue weighted by atomic mass is 10.0. The summed E-state index contributed by atoms with van der Waals surface area (Å²) in [6, 6.07) is 12.0. The fraction of sp³-hybridized carbons (Fsp3) is 0.483. The Morgan fingerprint density at radius 3 is 2.35 bits per heavy atom. The van der Waals surface area contributed by atoms with Gasteiger partial charge in [-0.25, -0.2) is 4.79 Å². The lowest BCUT2D eigenvalue weighted by molar-refractivity contribution is -0.145. The lowest BCUT2D eigenvalue weighted by Crippen LogP contribution is -2.55. The van der Waals surface area contributed by atoms with E-state index in [1.165, 1.54) is 16.7 Å². The van der Waals surface area contributed by atoms with Crippen LogP contribution in [-0.2, 0) is 30.4 Å². The molecule has 3 N–H and O–H groups in total. The van der Waals surface area contributed by atoms with Gasteiger partial charge in [-0.2, -0.15) is 0 Å². The van der Waals surface area contributed by atoms with Crippen LogP contribution in [0.2, 0.25) is 0 Å². The van der Waals surface area contributed by atoms with Gasteiger partial charge in [0.1, 0.15) is 12.6 Å². The molecule has 2 fully saturated rings. The first-order chi connectivity index (χ1) is 19.2. The summed E-state index contributed by atoms with van der Waals surface area (Å²) in [6.07, 6.45) is 2.62. The number of piperazine rings is 1. The van der Waals surface area contributed by atoms with Crippen LogP contribution >= 0.6 is 0 Å². The second-order valence-electron chi connectivity index (χ2n) is 10.5. The third-order valence-corrected chi connectivity index (χ3v) is 6.96. The van der Waals surface area contributed by atoms with Crippen molar-refractivity contribution in [1.29, 1.82) is 0 Å². The van der Waals surface area contributed by atoms with Crippen molar-refractivity contribution in [3.63, 3.8) is 0 Å². The van der Waals surface area contributed by atoms with E-state index in [1.54, 1.807) is 4.90 Å². The van der Waals surface area contributed by atoms with Gasteiger partial charge < -0.3 is 29.9 Å². The van der Waals surface area contributed by atoms with Crippen LogP contribution in [0.1, 0.15) is 25.8 Å². The number of carbonyl (C=O) groups is 3. The zero-order valence-corrected chi connectivity index (χ0v) is 22.9. The Hall–Kier alpha value is -3.83. The molecule has 2 aliphatic rings. The van der Waals surface area contributed by atoms with E-state index in [1.807, 2.05) is 32.0 Å². The summed E-state index contributed by atoms with van der Waals surface area (Å²) in [5.74, 6) is -1.51. The number of nitrogens with zero attached hydrogens (tertiary/aromatic N) is 3. The number of rotatable bonds is 12. The first-order valence-electron chi connectivity index (χ1n) is 13.7. The average Bonchev–Trinajstić information content (AvgIpc) is 3.69. The molecule has 0 spiro atoms. The molecule has 4 rings (SSSR count). The van der Waals surface area contributed by atoms with Crippen LogP contribution in [0.5, 0.6) is 11.8 Å². The lowest BCUT2D eigenvalue weighted by Gasteiger charge is -2.36. The van der Waals surface area contributed by atoms with Gasteiger partial charge in [0.2, 0.25) is 5.91 Å². The van der Waals surface area contributed by atoms with Crippen LogP contribution in [0.25, 0.3) is 6.08 Å². The molecule has 11 nitrogen and oxygen atoms in total. The summed E-state index contributed by atoms with van der Waals surface area (Å²) < 4.78 is 11.6. The highest BCUT2D eigenvalue weighted by molar-refractivity contribution is 5.95. The second-order valence-corrected chi connectivity index (χ2v) is 10.5. The first-order valence-corrected chi connectivity index (χ1v) is 13.7. The number of aromatic hydroxyl groups is 2. The number of carbonyl (C=O) groups excluding carboxylic acids is 3. The normalized spacial score (nSPS) is 20.0. The molecule has 2 aliphatic heterocycles. The van der Waals surface area contributed by atoms with Crippen LogP contribution < -0.4 is 5.32 Å². The minimum Gasteiger partial charge on any atom is -0.494 e. The highest BCUT2D eigenvalue weighted by Crippen LogP contribution is 2.25. The topological polar surface area (TPSA) is 137 Å². The molecule has 2 aromatic rings. The van der Waals surface area contributed by atoms with Gasteiger partial charge in [0, 0.05) is 44.9 Å². The average molecular weight is 555 g/mol. The summed E-state index contributed by atoms with van der Waals surface area (Å²) in [7, 11) is 0. The fourth-order valence-electron chi connectivity index (χ4n) is 4.71. The van der Waals surface area contributed by atoms with E-state index in [9.17, 15) is 24.6 Å². The van der Waals surface area contributed by atoms with E-state index in [0.717, 1.165) is 25.2 Å². The number of esters is 1. The van der Waals surface area contributed by atoms with Crippen molar-refractivity contribution < 1.29 is 34.1 Å². The van der Waals surface area contributed by atoms with E-state index in [0.29, 0.717) is 19.5 Å². The highest BCUT2D eigenvalue weighted by atomic mass is 16.6. The minimum atomic E-state index is -1.05. The van der Waals surface area contributed by atoms with Gasteiger partial charge in [0.05, 0.1) is 6.54 Å². The van der Waals surface area contributed by atoms with E-state index in [4.69, 9.17) is 9.47 Å². The quantitative estimate of drug-likeness (QED) is 0.266. The summed E-state index contributed by atoms with van der Waals surface area (Å²) in [4.78, 5) is 42.6. The molecule has 0 aliphatic carbocycles. The van der Waals surface area contributed by atoms with Crippen molar-refractivity contribution in [2.24, 2.45) is 5.92 Å². The third kappa shape index (κ3) is 7.86. The van der Waals surface area contributed by atoms with Crippen molar-refractivity contribution in [3.8, 4) is 11.8 Å². The molecule has 1 aromatic heterocycles. The largest absolute Gasteiger partial charge is 0.494 e. The molecule has 0 bridgehead atoms. The van der Waals surface area contributed by atoms with Crippen molar-refractivity contribution in [1.82, 2.24) is 19.7 Å². The maximum Gasteiger partial charge on any atom is 0.338 e. The molecule has 0 radical (unpaired) electrons. The highest BCUT2D eigenvalue weighted by Gasteiger charge is 2.52. The van der Waals surface area contributed by atoms with E-state index in [2.05, 4.69) is 34.5 Å². The maximum absolute atomic E-state index is 13.3. The summed E-state index contributed by atoms with van der Waals surface area (Å²) >= 11 is 0. The van der Waals surface area contributed by atoms with E-state index in [-0.39, 0.29) is 36.7 Å². The van der Waals surface area contributed by atoms with E-state index >= 15 is 0 Å². The summed E-state index contributed by atoms with van der Waals surface area (Å²) in [6.45, 7) is 7.32. The van der Waals surface area contributed by atoms with Crippen LogP contribution in [0.15, 0.2) is 48.5 Å². The van der Waals surface area contributed by atoms with Crippen LogP contribution in [0, 0.1) is 5.92 Å². The van der Waals surface area contributed by atoms with Crippen LogP contribution in [0.3, 0.4) is 0 Å². The number of benzene rings is 1. The number of epoxide rings is 1. The van der Waals surface area contributed by atoms with Gasteiger partial charge in [-0.05, 0) is 17.9 Å². The molecule has 3 heterocycles. The molecule has 1 aromatic carbocycles. The molecule has 3 atom stereocenters. The summed E-state index contributed by atoms with van der Waals surface area (Å²) in [5.41, 5.74) is 1.15. The molecule has 0 saturated carbocycles. The Labute approximate surface area is 234 Å². The molecule has 216 valence electrons. The number of nitrogens with one attached hydrogen (secondary N) is 1. The zero-order chi connectivity index (χ0) is 28.6. The minimum absolute atomic E-state index is 0.0432. The number of ether oxygens (including phenoxy) is 2. The Morgan fingerprint density at radius 2 is 1.70 bits per heavy atom. The van der Waals surface area contributed by atoms with Gasteiger partial charge in [0.25, 0.3) is 5.91 Å². The molecule has 2 amide bonds. The Balaban J connectivity index is 1.21. The predicted molar refractivity (Wildman–Crippen MR) is 147 cm³/mol. The van der Waals surface area contributed by atoms with Crippen LogP contribution in [0.4, 0.5) is 0 Å². The van der Waals surface area contributed by atoms with Gasteiger partial charge in [0.15, 0.2) is 24.0 Å². The standard InChI is InChI=1S/C29H38N4O7/c1-20(2)19-22(28(37)32-15-13-31(14-16-32)12-6-9-21-7-4-3-5-8-21)30-27(36)25-26(40-25)29(38)39-18-17-33-23(34)10-11-24(33)35/h3-11,20,22,25-26,34-35H,12-19H2,1-2H3,(H,30,36)/t22-,25+,26+/m0/s1. The van der Waals surface area contributed by atoms with Crippen molar-refractivity contribution in [2.45, 2.75) is 45.1 Å². The Morgan fingerprint density at radius 1 is 1.02 bits per heavy atom. The maximum atomic E-state index is 13.3. The van der Waals surface area contributed by atoms with Crippen molar-refractivity contribution in [2.75, 3.05) is 39.3 Å². The number of aromatic nitrogens is 1. The van der Waals surface area contributed by atoms with Gasteiger partial charge in [-0.3, -0.25) is 19.1 Å². The summed E-state index contributed by atoms with van der Waals surface area (Å²) in [5, 5.41) is 22.1. The monoisotopic (exact) mass is 554 g/mol.